The summed E-state index contributed by atoms with van der Waals surface area (Å²) in [6.45, 7) is 2.59. The quantitative estimate of drug-likeness (QED) is 0.790. The van der Waals surface area contributed by atoms with Crippen LogP contribution in [-0.2, 0) is 0 Å². The number of aliphatic hydroxyl groups excluding tert-OH is 1. The minimum absolute atomic E-state index is 0.0936. The predicted octanol–water partition coefficient (Wildman–Crippen LogP) is 2.57. The fourth-order valence-corrected chi connectivity index (χ4v) is 1.50. The third-order valence-electron chi connectivity index (χ3n) is 2.38. The summed E-state index contributed by atoms with van der Waals surface area (Å²) < 4.78 is 28.1. The van der Waals surface area contributed by atoms with E-state index in [9.17, 15) is 13.9 Å². The second-order valence-corrected chi connectivity index (χ2v) is 4.52. The monoisotopic (exact) mass is 259 g/mol. The molecule has 0 bridgehead atoms. The lowest BCUT2D eigenvalue weighted by Gasteiger charge is -2.14. The van der Waals surface area contributed by atoms with Crippen molar-refractivity contribution in [1.29, 1.82) is 0 Å². The molecule has 0 amide bonds. The highest BCUT2D eigenvalue weighted by atomic mass is 19.3. The zero-order valence-corrected chi connectivity index (χ0v) is 10.6. The van der Waals surface area contributed by atoms with Crippen LogP contribution in [0.15, 0.2) is 24.3 Å². The van der Waals surface area contributed by atoms with Gasteiger partial charge in [0.05, 0.1) is 6.10 Å². The van der Waals surface area contributed by atoms with Gasteiger partial charge in [0.25, 0.3) is 0 Å². The number of halogens is 2. The van der Waals surface area contributed by atoms with Gasteiger partial charge in [-0.2, -0.15) is 8.78 Å². The molecule has 1 aromatic carbocycles. The number of benzene rings is 1. The van der Waals surface area contributed by atoms with E-state index in [4.69, 9.17) is 0 Å². The van der Waals surface area contributed by atoms with Crippen LogP contribution >= 0.6 is 0 Å². The maximum atomic E-state index is 11.9. The second kappa shape index (κ2) is 7.28. The molecular formula is C13H19F2NO2. The molecule has 18 heavy (non-hydrogen) atoms. The Kier molecular flexibility index (Phi) is 6.01. The van der Waals surface area contributed by atoms with Gasteiger partial charge in [-0.05, 0) is 30.2 Å². The minimum Gasteiger partial charge on any atom is -0.435 e. The van der Waals surface area contributed by atoms with E-state index in [0.717, 1.165) is 6.54 Å². The lowest BCUT2D eigenvalue weighted by molar-refractivity contribution is -0.0498. The van der Waals surface area contributed by atoms with E-state index in [1.54, 1.807) is 12.1 Å². The molecule has 0 aliphatic heterocycles. The van der Waals surface area contributed by atoms with Crippen LogP contribution < -0.4 is 10.1 Å². The fourth-order valence-electron chi connectivity index (χ4n) is 1.50. The molecule has 0 aromatic heterocycles. The van der Waals surface area contributed by atoms with Crippen LogP contribution in [0.25, 0.3) is 0 Å². The lowest BCUT2D eigenvalue weighted by Crippen LogP contribution is -2.25. The van der Waals surface area contributed by atoms with Gasteiger partial charge in [-0.1, -0.05) is 26.0 Å². The predicted molar refractivity (Wildman–Crippen MR) is 65.7 cm³/mol. The Bertz CT molecular complexity index is 341. The van der Waals surface area contributed by atoms with Gasteiger partial charge in [0.15, 0.2) is 0 Å². The van der Waals surface area contributed by atoms with Crippen molar-refractivity contribution in [2.45, 2.75) is 26.6 Å². The van der Waals surface area contributed by atoms with E-state index < -0.39 is 12.7 Å². The van der Waals surface area contributed by atoms with Crippen LogP contribution in [0.2, 0.25) is 0 Å². The Morgan fingerprint density at radius 1 is 1.17 bits per heavy atom. The average Bonchev–Trinajstić information content (AvgIpc) is 2.28. The van der Waals surface area contributed by atoms with Crippen molar-refractivity contribution in [2.75, 3.05) is 13.1 Å². The number of hydrogen-bond donors (Lipinski definition) is 2. The van der Waals surface area contributed by atoms with Gasteiger partial charge < -0.3 is 15.2 Å². The molecule has 0 radical (unpaired) electrons. The van der Waals surface area contributed by atoms with Crippen LogP contribution in [0, 0.1) is 5.92 Å². The van der Waals surface area contributed by atoms with E-state index in [1.165, 1.54) is 12.1 Å². The molecule has 0 saturated heterocycles. The Morgan fingerprint density at radius 2 is 1.78 bits per heavy atom. The molecule has 1 aromatic rings. The molecule has 102 valence electrons. The van der Waals surface area contributed by atoms with E-state index in [1.807, 2.05) is 0 Å². The normalized spacial score (nSPS) is 13.1. The first-order valence-corrected chi connectivity index (χ1v) is 5.92. The van der Waals surface area contributed by atoms with Crippen molar-refractivity contribution in [1.82, 2.24) is 5.32 Å². The van der Waals surface area contributed by atoms with Gasteiger partial charge in [-0.25, -0.2) is 0 Å². The Morgan fingerprint density at radius 3 is 2.28 bits per heavy atom. The highest BCUT2D eigenvalue weighted by Gasteiger charge is 2.09. The first-order valence-electron chi connectivity index (χ1n) is 5.92. The van der Waals surface area contributed by atoms with Gasteiger partial charge >= 0.3 is 6.61 Å². The second-order valence-electron chi connectivity index (χ2n) is 4.52. The van der Waals surface area contributed by atoms with E-state index in [0.29, 0.717) is 18.0 Å². The summed E-state index contributed by atoms with van der Waals surface area (Å²) in [6.07, 6.45) is -0.649. The van der Waals surface area contributed by atoms with Crippen molar-refractivity contribution in [2.24, 2.45) is 5.92 Å². The molecule has 0 aliphatic carbocycles. The van der Waals surface area contributed by atoms with Crippen LogP contribution in [0.4, 0.5) is 8.78 Å². The van der Waals surface area contributed by atoms with Crippen LogP contribution in [0.3, 0.4) is 0 Å². The zero-order chi connectivity index (χ0) is 13.5. The maximum Gasteiger partial charge on any atom is 0.387 e. The van der Waals surface area contributed by atoms with Gasteiger partial charge in [-0.3, -0.25) is 0 Å². The molecular weight excluding hydrogens is 240 g/mol. The lowest BCUT2D eigenvalue weighted by atomic mass is 10.1. The SMILES string of the molecule is CC(C)CNCC(O)c1ccc(OC(F)F)cc1. The van der Waals surface area contributed by atoms with Crippen molar-refractivity contribution >= 4 is 0 Å². The summed E-state index contributed by atoms with van der Waals surface area (Å²) in [5.41, 5.74) is 0.674. The van der Waals surface area contributed by atoms with Crippen molar-refractivity contribution in [3.8, 4) is 5.75 Å². The summed E-state index contributed by atoms with van der Waals surface area (Å²) >= 11 is 0. The highest BCUT2D eigenvalue weighted by Crippen LogP contribution is 2.18. The number of nitrogens with one attached hydrogen (secondary N) is 1. The Balaban J connectivity index is 2.46. The van der Waals surface area contributed by atoms with Crippen LogP contribution in [-0.4, -0.2) is 24.8 Å². The Hall–Kier alpha value is -1.20. The zero-order valence-electron chi connectivity index (χ0n) is 10.6. The summed E-state index contributed by atoms with van der Waals surface area (Å²) in [4.78, 5) is 0. The van der Waals surface area contributed by atoms with Gasteiger partial charge in [0.2, 0.25) is 0 Å². The topological polar surface area (TPSA) is 41.5 Å². The summed E-state index contributed by atoms with van der Waals surface area (Å²) in [5, 5.41) is 13.0. The molecule has 0 aliphatic rings. The minimum atomic E-state index is -2.83. The Labute approximate surface area is 106 Å². The molecule has 0 fully saturated rings. The highest BCUT2D eigenvalue weighted by molar-refractivity contribution is 5.28. The molecule has 1 unspecified atom stereocenters. The third-order valence-corrected chi connectivity index (χ3v) is 2.38. The van der Waals surface area contributed by atoms with Crippen molar-refractivity contribution < 1.29 is 18.6 Å². The van der Waals surface area contributed by atoms with E-state index in [-0.39, 0.29) is 5.75 Å². The molecule has 0 heterocycles. The van der Waals surface area contributed by atoms with E-state index >= 15 is 0 Å². The number of ether oxygens (including phenoxy) is 1. The van der Waals surface area contributed by atoms with Crippen molar-refractivity contribution in [3.63, 3.8) is 0 Å². The average molecular weight is 259 g/mol. The van der Waals surface area contributed by atoms with E-state index in [2.05, 4.69) is 23.9 Å². The van der Waals surface area contributed by atoms with Crippen LogP contribution in [0.1, 0.15) is 25.5 Å². The standard InChI is InChI=1S/C13H19F2NO2/c1-9(2)7-16-8-12(17)10-3-5-11(6-4-10)18-13(14)15/h3-6,9,12-13,16-17H,7-8H2,1-2H3. The molecule has 0 spiro atoms. The van der Waals surface area contributed by atoms with Gasteiger partial charge in [0, 0.05) is 6.54 Å². The summed E-state index contributed by atoms with van der Waals surface area (Å²) in [5.74, 6) is 0.607. The third kappa shape index (κ3) is 5.42. The van der Waals surface area contributed by atoms with Crippen LogP contribution in [0.5, 0.6) is 5.75 Å². The molecule has 3 nitrogen and oxygen atoms in total. The molecule has 5 heteroatoms. The molecule has 1 rings (SSSR count). The largest absolute Gasteiger partial charge is 0.435 e. The van der Waals surface area contributed by atoms with Gasteiger partial charge in [0.1, 0.15) is 5.75 Å². The molecule has 2 N–H and O–H groups in total. The van der Waals surface area contributed by atoms with Gasteiger partial charge in [-0.15, -0.1) is 0 Å². The van der Waals surface area contributed by atoms with Crippen molar-refractivity contribution in [3.05, 3.63) is 29.8 Å². The number of aliphatic hydroxyl groups is 1. The smallest absolute Gasteiger partial charge is 0.387 e. The number of alkyl halides is 2. The number of rotatable bonds is 7. The fraction of sp³-hybridized carbons (Fsp3) is 0.538. The first kappa shape index (κ1) is 14.9. The first-order chi connectivity index (χ1) is 8.49. The molecule has 1 atom stereocenters. The number of hydrogen-bond acceptors (Lipinski definition) is 3. The maximum absolute atomic E-state index is 11.9. The summed E-state index contributed by atoms with van der Waals surface area (Å²) in [7, 11) is 0. The molecule has 0 saturated carbocycles. The summed E-state index contributed by atoms with van der Waals surface area (Å²) in [6, 6.07) is 6.01.